The molecule has 0 aromatic carbocycles. The van der Waals surface area contributed by atoms with Gasteiger partial charge in [-0.25, -0.2) is 4.79 Å². The number of Topliss-reactive ketones (excluding diaryl/α,β-unsaturated/α-hetero) is 1. The summed E-state index contributed by atoms with van der Waals surface area (Å²) in [7, 11) is -2.01. The molecule has 0 heterocycles. The minimum absolute atomic E-state index is 0.0231. The van der Waals surface area contributed by atoms with E-state index in [1.807, 2.05) is 6.08 Å². The number of carbonyl (C=O) groups excluding carboxylic acids is 2. The molecule has 2 aliphatic rings. The Morgan fingerprint density at radius 1 is 1.35 bits per heavy atom. The van der Waals surface area contributed by atoms with E-state index in [1.54, 1.807) is 6.92 Å². The van der Waals surface area contributed by atoms with E-state index in [1.165, 1.54) is 0 Å². The first-order valence-electron chi connectivity index (χ1n) is 8.68. The third-order valence-electron chi connectivity index (χ3n) is 5.59. The summed E-state index contributed by atoms with van der Waals surface area (Å²) in [6.45, 7) is 13.1. The molecule has 0 saturated heterocycles. The number of hydrogen-bond donors (Lipinski definition) is 0. The van der Waals surface area contributed by atoms with Crippen molar-refractivity contribution in [3.63, 3.8) is 0 Å². The molecule has 0 N–H and O–H groups in total. The quantitative estimate of drug-likeness (QED) is 0.577. The normalized spacial score (nSPS) is 28.3. The van der Waals surface area contributed by atoms with Crippen molar-refractivity contribution >= 4 is 20.1 Å². The number of esters is 1. The van der Waals surface area contributed by atoms with E-state index >= 15 is 0 Å². The Morgan fingerprint density at radius 3 is 2.57 bits per heavy atom. The lowest BCUT2D eigenvalue weighted by Gasteiger charge is -2.40. The largest absolute Gasteiger partial charge is 0.463 e. The maximum atomic E-state index is 12.5. The van der Waals surface area contributed by atoms with Crippen molar-refractivity contribution in [3.05, 3.63) is 11.6 Å². The van der Waals surface area contributed by atoms with Crippen molar-refractivity contribution in [2.24, 2.45) is 11.8 Å². The Balaban J connectivity index is 2.29. The van der Waals surface area contributed by atoms with Crippen LogP contribution in [0.4, 0.5) is 0 Å². The molecule has 0 bridgehead atoms. The first-order valence-corrected chi connectivity index (χ1v) is 11.6. The lowest BCUT2D eigenvalue weighted by atomic mass is 9.77. The molecule has 3 atom stereocenters. The van der Waals surface area contributed by atoms with Crippen LogP contribution < -0.4 is 0 Å². The fourth-order valence-electron chi connectivity index (χ4n) is 3.29. The Morgan fingerprint density at radius 2 is 2.00 bits per heavy atom. The second-order valence-corrected chi connectivity index (χ2v) is 12.9. The van der Waals surface area contributed by atoms with E-state index in [2.05, 4.69) is 33.9 Å². The zero-order valence-electron chi connectivity index (χ0n) is 15.3. The number of hydrogen-bond acceptors (Lipinski definition) is 4. The van der Waals surface area contributed by atoms with Gasteiger partial charge < -0.3 is 9.16 Å². The Labute approximate surface area is 140 Å². The topological polar surface area (TPSA) is 52.6 Å². The van der Waals surface area contributed by atoms with Gasteiger partial charge in [0, 0.05) is 17.9 Å². The molecule has 0 radical (unpaired) electrons. The van der Waals surface area contributed by atoms with E-state index < -0.39 is 8.32 Å². The standard InChI is InChI=1S/C18H30O4Si/c1-7-21-17(20)13-11-15(22-23(5,6)18(2,3)4)16-12(13)9-8-10-14(16)19/h11-12,15-16H,7-10H2,1-6H3/t12-,15-,16-/m1/s1. The molecule has 0 aromatic rings. The van der Waals surface area contributed by atoms with Crippen LogP contribution in [0.2, 0.25) is 18.1 Å². The third kappa shape index (κ3) is 3.61. The van der Waals surface area contributed by atoms with E-state index in [-0.39, 0.29) is 34.7 Å². The van der Waals surface area contributed by atoms with Crippen molar-refractivity contribution in [1.29, 1.82) is 0 Å². The first-order chi connectivity index (χ1) is 10.6. The predicted molar refractivity (Wildman–Crippen MR) is 92.6 cm³/mol. The number of ether oxygens (including phenoxy) is 1. The first kappa shape index (κ1) is 18.4. The molecule has 5 heteroatoms. The number of rotatable bonds is 4. The monoisotopic (exact) mass is 338 g/mol. The average Bonchev–Trinajstić information content (AvgIpc) is 2.77. The second-order valence-electron chi connectivity index (χ2n) is 8.18. The highest BCUT2D eigenvalue weighted by Gasteiger charge is 2.49. The van der Waals surface area contributed by atoms with E-state index in [4.69, 9.17) is 9.16 Å². The SMILES string of the molecule is CCOC(=O)C1=C[C@@H](O[Si](C)(C)C(C)(C)C)[C@H]2C(=O)CCC[C@H]12. The molecule has 23 heavy (non-hydrogen) atoms. The average molecular weight is 339 g/mol. The lowest BCUT2D eigenvalue weighted by molar-refractivity contribution is -0.139. The third-order valence-corrected chi connectivity index (χ3v) is 10.1. The highest BCUT2D eigenvalue weighted by Crippen LogP contribution is 2.46. The van der Waals surface area contributed by atoms with E-state index in [0.29, 0.717) is 18.6 Å². The van der Waals surface area contributed by atoms with Crippen molar-refractivity contribution in [2.75, 3.05) is 6.61 Å². The zero-order valence-corrected chi connectivity index (χ0v) is 16.3. The van der Waals surface area contributed by atoms with Crippen molar-refractivity contribution in [2.45, 2.75) is 71.2 Å². The molecule has 0 amide bonds. The maximum Gasteiger partial charge on any atom is 0.334 e. The van der Waals surface area contributed by atoms with Crippen LogP contribution >= 0.6 is 0 Å². The van der Waals surface area contributed by atoms with Gasteiger partial charge in [0.1, 0.15) is 5.78 Å². The van der Waals surface area contributed by atoms with Gasteiger partial charge in [0.05, 0.1) is 18.6 Å². The van der Waals surface area contributed by atoms with Gasteiger partial charge in [-0.1, -0.05) is 20.8 Å². The molecule has 2 aliphatic carbocycles. The van der Waals surface area contributed by atoms with Gasteiger partial charge in [0.15, 0.2) is 8.32 Å². The van der Waals surface area contributed by atoms with E-state index in [0.717, 1.165) is 12.8 Å². The summed E-state index contributed by atoms with van der Waals surface area (Å²) >= 11 is 0. The molecular formula is C18H30O4Si. The van der Waals surface area contributed by atoms with Gasteiger partial charge in [0.2, 0.25) is 0 Å². The Bertz CT molecular complexity index is 516. The Hall–Kier alpha value is -0.943. The maximum absolute atomic E-state index is 12.5. The van der Waals surface area contributed by atoms with Crippen LogP contribution in [-0.4, -0.2) is 32.8 Å². The fourth-order valence-corrected chi connectivity index (χ4v) is 4.54. The summed E-state index contributed by atoms with van der Waals surface area (Å²) in [5.74, 6) is -0.263. The van der Waals surface area contributed by atoms with Gasteiger partial charge in [-0.15, -0.1) is 0 Å². The number of ketones is 1. The molecule has 130 valence electrons. The van der Waals surface area contributed by atoms with Crippen LogP contribution in [0.3, 0.4) is 0 Å². The van der Waals surface area contributed by atoms with Gasteiger partial charge in [-0.05, 0) is 44.0 Å². The fraction of sp³-hybridized carbons (Fsp3) is 0.778. The van der Waals surface area contributed by atoms with Crippen LogP contribution in [0.15, 0.2) is 11.6 Å². The molecule has 2 rings (SSSR count). The Kier molecular flexibility index (Phi) is 5.21. The number of carbonyl (C=O) groups is 2. The highest BCUT2D eigenvalue weighted by molar-refractivity contribution is 6.74. The van der Waals surface area contributed by atoms with Gasteiger partial charge in [-0.3, -0.25) is 4.79 Å². The van der Waals surface area contributed by atoms with Crippen LogP contribution in [-0.2, 0) is 18.8 Å². The summed E-state index contributed by atoms with van der Waals surface area (Å²) in [5, 5.41) is 0.0702. The summed E-state index contributed by atoms with van der Waals surface area (Å²) < 4.78 is 11.7. The molecule has 4 nitrogen and oxygen atoms in total. The van der Waals surface area contributed by atoms with Gasteiger partial charge >= 0.3 is 5.97 Å². The number of fused-ring (bicyclic) bond motifs is 1. The van der Waals surface area contributed by atoms with Crippen LogP contribution in [0.1, 0.15) is 47.0 Å². The highest BCUT2D eigenvalue weighted by atomic mass is 28.4. The molecule has 0 spiro atoms. The van der Waals surface area contributed by atoms with E-state index in [9.17, 15) is 9.59 Å². The summed E-state index contributed by atoms with van der Waals surface area (Å²) in [6.07, 6.45) is 3.94. The molecule has 1 fully saturated rings. The van der Waals surface area contributed by atoms with Crippen molar-refractivity contribution < 1.29 is 18.8 Å². The molecular weight excluding hydrogens is 308 g/mol. The summed E-state index contributed by atoms with van der Waals surface area (Å²) in [5.41, 5.74) is 0.661. The smallest absolute Gasteiger partial charge is 0.334 e. The minimum atomic E-state index is -2.01. The zero-order chi connectivity index (χ0) is 17.4. The second kappa shape index (κ2) is 6.52. The molecule has 0 aromatic heterocycles. The minimum Gasteiger partial charge on any atom is -0.463 e. The van der Waals surface area contributed by atoms with Crippen molar-refractivity contribution in [3.8, 4) is 0 Å². The van der Waals surface area contributed by atoms with Crippen LogP contribution in [0, 0.1) is 11.8 Å². The predicted octanol–water partition coefficient (Wildman–Crippen LogP) is 3.87. The van der Waals surface area contributed by atoms with Crippen LogP contribution in [0.25, 0.3) is 0 Å². The van der Waals surface area contributed by atoms with Gasteiger partial charge in [-0.2, -0.15) is 0 Å². The lowest BCUT2D eigenvalue weighted by Crippen LogP contribution is -2.47. The summed E-state index contributed by atoms with van der Waals surface area (Å²) in [4.78, 5) is 24.8. The van der Waals surface area contributed by atoms with Crippen molar-refractivity contribution in [1.82, 2.24) is 0 Å². The van der Waals surface area contributed by atoms with Gasteiger partial charge in [0.25, 0.3) is 0 Å². The molecule has 0 aliphatic heterocycles. The summed E-state index contributed by atoms with van der Waals surface area (Å²) in [6, 6.07) is 0. The molecule has 0 unspecified atom stereocenters. The molecule has 1 saturated carbocycles. The van der Waals surface area contributed by atoms with Crippen LogP contribution in [0.5, 0.6) is 0 Å².